The Hall–Kier alpha value is -1.63. The molecule has 0 aliphatic heterocycles. The Labute approximate surface area is 168 Å². The van der Waals surface area contributed by atoms with Gasteiger partial charge in [0.25, 0.3) is 0 Å². The summed E-state index contributed by atoms with van der Waals surface area (Å²) < 4.78 is 9.89. The molecule has 0 saturated carbocycles. The molecule has 0 unspecified atom stereocenters. The van der Waals surface area contributed by atoms with Crippen LogP contribution < -0.4 is 4.74 Å². The maximum absolute atomic E-state index is 11.3. The zero-order valence-corrected chi connectivity index (χ0v) is 17.2. The van der Waals surface area contributed by atoms with Crippen molar-refractivity contribution in [2.45, 2.75) is 20.3 Å². The molecular weight excluding hydrogens is 377 g/mol. The van der Waals surface area contributed by atoms with E-state index in [2.05, 4.69) is 17.9 Å². The summed E-state index contributed by atoms with van der Waals surface area (Å²) in [6.07, 6.45) is 0.280. The molecule has 0 aliphatic rings. The van der Waals surface area contributed by atoms with E-state index in [1.54, 1.807) is 7.11 Å². The Bertz CT molecular complexity index is 785. The molecule has 0 heterocycles. The molecule has 0 spiro atoms. The van der Waals surface area contributed by atoms with E-state index in [9.17, 15) is 4.79 Å². The van der Waals surface area contributed by atoms with Crippen LogP contribution in [0.5, 0.6) is 5.75 Å². The molecule has 121 valence electrons. The molecule has 1 radical (unpaired) electrons. The smallest absolute Gasteiger partial charge is 0.309 e. The number of carbonyl (C=O) groups is 1. The summed E-state index contributed by atoms with van der Waals surface area (Å²) in [5.41, 5.74) is 4.78. The SMILES string of the molecule is COC(=O)Cc1ccc(C#Cc2c[c-]c(OC)c(C)c2)cc1C.[Y]. The molecular formula is C20H19O3Y-. The first-order valence-electron chi connectivity index (χ1n) is 7.28. The van der Waals surface area contributed by atoms with Gasteiger partial charge in [-0.2, -0.15) is 12.1 Å². The predicted molar refractivity (Wildman–Crippen MR) is 89.4 cm³/mol. The van der Waals surface area contributed by atoms with Gasteiger partial charge in [-0.3, -0.25) is 4.79 Å². The van der Waals surface area contributed by atoms with Crippen LogP contribution in [0.25, 0.3) is 0 Å². The van der Waals surface area contributed by atoms with Crippen molar-refractivity contribution in [3.63, 3.8) is 0 Å². The first-order valence-corrected chi connectivity index (χ1v) is 7.28. The molecule has 0 N–H and O–H groups in total. The van der Waals surface area contributed by atoms with Crippen molar-refractivity contribution < 1.29 is 47.0 Å². The molecule has 0 aliphatic carbocycles. The standard InChI is InChI=1S/C20H19O3.Y/c1-14-11-16(7-9-18(14)13-20(21)23-4)5-6-17-8-10-19(22-3)15(2)12-17;/h7-9,11-12H,13H2,1-4H3;/q-1;. The molecule has 3 nitrogen and oxygen atoms in total. The van der Waals surface area contributed by atoms with Crippen molar-refractivity contribution in [3.05, 3.63) is 64.2 Å². The van der Waals surface area contributed by atoms with E-state index in [1.165, 1.54) is 7.11 Å². The summed E-state index contributed by atoms with van der Waals surface area (Å²) in [5, 5.41) is 0. The number of carbonyl (C=O) groups excluding carboxylic acids is 1. The second kappa shape index (κ2) is 9.62. The van der Waals surface area contributed by atoms with Gasteiger partial charge in [0, 0.05) is 44.0 Å². The fraction of sp³-hybridized carbons (Fsp3) is 0.250. The van der Waals surface area contributed by atoms with Crippen LogP contribution in [-0.2, 0) is 48.7 Å². The number of methoxy groups -OCH3 is 2. The van der Waals surface area contributed by atoms with Crippen LogP contribution in [0.15, 0.2) is 30.3 Å². The molecule has 0 saturated heterocycles. The molecule has 0 fully saturated rings. The summed E-state index contributed by atoms with van der Waals surface area (Å²) in [6.45, 7) is 3.93. The van der Waals surface area contributed by atoms with Gasteiger partial charge in [0.15, 0.2) is 0 Å². The zero-order chi connectivity index (χ0) is 16.8. The van der Waals surface area contributed by atoms with Crippen molar-refractivity contribution in [3.8, 4) is 17.6 Å². The minimum Gasteiger partial charge on any atom is -0.522 e. The van der Waals surface area contributed by atoms with Gasteiger partial charge in [0.1, 0.15) is 0 Å². The van der Waals surface area contributed by atoms with Crippen molar-refractivity contribution in [2.24, 2.45) is 0 Å². The normalized spacial score (nSPS) is 9.33. The van der Waals surface area contributed by atoms with E-state index in [-0.39, 0.29) is 45.1 Å². The Kier molecular flexibility index (Phi) is 8.18. The Morgan fingerprint density at radius 3 is 2.33 bits per heavy atom. The predicted octanol–water partition coefficient (Wildman–Crippen LogP) is 3.23. The summed E-state index contributed by atoms with van der Waals surface area (Å²) in [7, 11) is 3.02. The van der Waals surface area contributed by atoms with Crippen LogP contribution in [0.2, 0.25) is 0 Å². The van der Waals surface area contributed by atoms with Gasteiger partial charge >= 0.3 is 5.97 Å². The van der Waals surface area contributed by atoms with Crippen LogP contribution in [0.4, 0.5) is 0 Å². The third-order valence-electron chi connectivity index (χ3n) is 3.55. The van der Waals surface area contributed by atoms with Crippen molar-refractivity contribution >= 4 is 5.97 Å². The van der Waals surface area contributed by atoms with Crippen molar-refractivity contribution in [1.29, 1.82) is 0 Å². The molecule has 2 aromatic carbocycles. The van der Waals surface area contributed by atoms with E-state index in [1.807, 2.05) is 44.2 Å². The van der Waals surface area contributed by atoms with E-state index < -0.39 is 0 Å². The van der Waals surface area contributed by atoms with Crippen LogP contribution in [0.3, 0.4) is 0 Å². The Morgan fingerprint density at radius 1 is 1.08 bits per heavy atom. The third-order valence-corrected chi connectivity index (χ3v) is 3.55. The minimum absolute atomic E-state index is 0. The van der Waals surface area contributed by atoms with Gasteiger partial charge in [-0.25, -0.2) is 0 Å². The minimum atomic E-state index is -0.240. The number of hydrogen-bond acceptors (Lipinski definition) is 3. The Morgan fingerprint density at radius 2 is 1.75 bits per heavy atom. The van der Waals surface area contributed by atoms with Gasteiger partial charge < -0.3 is 9.47 Å². The fourth-order valence-electron chi connectivity index (χ4n) is 2.23. The monoisotopic (exact) mass is 396 g/mol. The summed E-state index contributed by atoms with van der Waals surface area (Å²) in [4.78, 5) is 11.3. The van der Waals surface area contributed by atoms with Gasteiger partial charge in [0.05, 0.1) is 20.6 Å². The van der Waals surface area contributed by atoms with Crippen LogP contribution in [-0.4, -0.2) is 20.2 Å². The molecule has 0 atom stereocenters. The quantitative estimate of drug-likeness (QED) is 0.454. The molecule has 0 amide bonds. The molecule has 0 bridgehead atoms. The van der Waals surface area contributed by atoms with Crippen LogP contribution >= 0.6 is 0 Å². The largest absolute Gasteiger partial charge is 0.522 e. The maximum atomic E-state index is 11.3. The number of hydrogen-bond donors (Lipinski definition) is 0. The first-order chi connectivity index (χ1) is 11.0. The number of benzene rings is 2. The van der Waals surface area contributed by atoms with Crippen LogP contribution in [0.1, 0.15) is 27.8 Å². The summed E-state index contributed by atoms with van der Waals surface area (Å²) >= 11 is 0. The van der Waals surface area contributed by atoms with Gasteiger partial charge in [0.2, 0.25) is 0 Å². The third kappa shape index (κ3) is 5.47. The van der Waals surface area contributed by atoms with Gasteiger partial charge in [-0.05, 0) is 30.2 Å². The number of rotatable bonds is 3. The second-order valence-electron chi connectivity index (χ2n) is 5.25. The summed E-state index contributed by atoms with van der Waals surface area (Å²) in [6, 6.07) is 12.7. The average molecular weight is 396 g/mol. The van der Waals surface area contributed by atoms with E-state index in [4.69, 9.17) is 9.47 Å². The maximum Gasteiger partial charge on any atom is 0.309 e. The van der Waals surface area contributed by atoms with E-state index in [0.29, 0.717) is 0 Å². The molecule has 0 aromatic heterocycles. The van der Waals surface area contributed by atoms with Crippen molar-refractivity contribution in [2.75, 3.05) is 14.2 Å². The Balaban J connectivity index is 0.00000288. The number of esters is 1. The average Bonchev–Trinajstić information content (AvgIpc) is 2.55. The van der Waals surface area contributed by atoms with Gasteiger partial charge in [-0.1, -0.05) is 24.5 Å². The zero-order valence-electron chi connectivity index (χ0n) is 14.4. The number of ether oxygens (including phenoxy) is 2. The number of aryl methyl sites for hydroxylation is 2. The van der Waals surface area contributed by atoms with E-state index >= 15 is 0 Å². The van der Waals surface area contributed by atoms with E-state index in [0.717, 1.165) is 33.6 Å². The summed E-state index contributed by atoms with van der Waals surface area (Å²) in [5.74, 6) is 6.75. The molecule has 2 aromatic rings. The fourth-order valence-corrected chi connectivity index (χ4v) is 2.23. The molecule has 2 rings (SSSR count). The first kappa shape index (κ1) is 20.4. The van der Waals surface area contributed by atoms with Crippen LogP contribution in [0, 0.1) is 31.8 Å². The topological polar surface area (TPSA) is 35.5 Å². The molecule has 24 heavy (non-hydrogen) atoms. The molecule has 4 heteroatoms. The van der Waals surface area contributed by atoms with Crippen molar-refractivity contribution in [1.82, 2.24) is 0 Å². The van der Waals surface area contributed by atoms with Gasteiger partial charge in [-0.15, -0.1) is 17.6 Å². The second-order valence-corrected chi connectivity index (χ2v) is 5.25.